The van der Waals surface area contributed by atoms with Gasteiger partial charge >= 0.3 is 0 Å². The highest BCUT2D eigenvalue weighted by molar-refractivity contribution is 6.04. The number of hydrogen-bond acceptors (Lipinski definition) is 16. The molecule has 0 bridgehead atoms. The molecule has 0 spiro atoms. The van der Waals surface area contributed by atoms with E-state index in [0.717, 1.165) is 202 Å². The van der Waals surface area contributed by atoms with E-state index in [-0.39, 0.29) is 0 Å². The van der Waals surface area contributed by atoms with Crippen LogP contribution in [-0.4, -0.2) is 251 Å². The number of likely N-dealkylation sites (tertiary alicyclic amines) is 4. The van der Waals surface area contributed by atoms with E-state index >= 15 is 0 Å². The average Bonchev–Trinajstić information content (AvgIpc) is 0.865. The quantitative estimate of drug-likeness (QED) is 0.0362. The van der Waals surface area contributed by atoms with E-state index in [1.807, 2.05) is 0 Å². The zero-order valence-corrected chi connectivity index (χ0v) is 91.1. The third kappa shape index (κ3) is 31.0. The summed E-state index contributed by atoms with van der Waals surface area (Å²) in [6.45, 7) is 36.3. The SMILES string of the molecule is CCN(CC)CCOc1ccc(C2=C(c3ccccc3)CCc3cc(OCCN(CC)CC)ccc32)cc1.CN(C)CCOc1ccc(C2=C(c3ccccc3)CCc3cc(OCCN(C)C)ccc32)cc1.c1ccc(C2=C(c3ccc(OCCN4CCCC4)cc3)c3ccc(OCCN4CCCC4)cc3CC2)cc1.c1ccc(C2=C(c3ccc(OCCN4CCCCC4)cc3)c3ccc(OCCN4CCCCC4)cc3CC2)cc1. The molecule has 12 aromatic carbocycles. The number of benzene rings is 12. The molecule has 20 rings (SSSR count). The van der Waals surface area contributed by atoms with Crippen LogP contribution in [0.15, 0.2) is 291 Å². The number of allylic oxidation sites excluding steroid dienone is 4. The van der Waals surface area contributed by atoms with Gasteiger partial charge in [-0.1, -0.05) is 235 Å². The summed E-state index contributed by atoms with van der Waals surface area (Å²) < 4.78 is 48.9. The third-order valence-electron chi connectivity index (χ3n) is 31.0. The second-order valence-corrected chi connectivity index (χ2v) is 41.6. The third-order valence-corrected chi connectivity index (χ3v) is 31.0. The molecule has 4 saturated heterocycles. The predicted octanol–water partition coefficient (Wildman–Crippen LogP) is 26.4. The fourth-order valence-electron chi connectivity index (χ4n) is 22.4. The number of likely N-dealkylation sites (N-methyl/N-ethyl adjacent to an activating group) is 4. The summed E-state index contributed by atoms with van der Waals surface area (Å²) in [4.78, 5) is 19.1. The van der Waals surface area contributed by atoms with Crippen LogP contribution in [0, 0.1) is 0 Å². The van der Waals surface area contributed by atoms with Crippen molar-refractivity contribution in [1.29, 1.82) is 0 Å². The van der Waals surface area contributed by atoms with Crippen LogP contribution >= 0.6 is 0 Å². The van der Waals surface area contributed by atoms with Crippen LogP contribution in [0.5, 0.6) is 46.0 Å². The molecular weight excluding hydrogens is 1850 g/mol. The second-order valence-electron chi connectivity index (χ2n) is 41.6. The first-order valence-corrected chi connectivity index (χ1v) is 56.6. The van der Waals surface area contributed by atoms with Crippen LogP contribution in [0.4, 0.5) is 0 Å². The zero-order valence-electron chi connectivity index (χ0n) is 91.1. The second kappa shape index (κ2) is 57.2. The topological polar surface area (TPSA) is 99.8 Å². The van der Waals surface area contributed by atoms with E-state index in [0.29, 0.717) is 26.4 Å². The molecule has 4 fully saturated rings. The Kier molecular flexibility index (Phi) is 41.6. The van der Waals surface area contributed by atoms with Crippen molar-refractivity contribution in [3.05, 3.63) is 380 Å². The molecule has 150 heavy (non-hydrogen) atoms. The van der Waals surface area contributed by atoms with Gasteiger partial charge in [0.05, 0.1) is 0 Å². The van der Waals surface area contributed by atoms with Crippen molar-refractivity contribution >= 4 is 44.6 Å². The summed E-state index contributed by atoms with van der Waals surface area (Å²) in [6.07, 6.45) is 21.5. The van der Waals surface area contributed by atoms with Gasteiger partial charge in [0.2, 0.25) is 0 Å². The van der Waals surface area contributed by atoms with Crippen LogP contribution in [-0.2, 0) is 25.7 Å². The number of aryl methyl sites for hydroxylation is 4. The number of nitrogens with zero attached hydrogens (tertiary/aromatic N) is 8. The maximum atomic E-state index is 6.25. The van der Waals surface area contributed by atoms with Gasteiger partial charge in [0.1, 0.15) is 98.9 Å². The van der Waals surface area contributed by atoms with Crippen molar-refractivity contribution in [3.63, 3.8) is 0 Å². The van der Waals surface area contributed by atoms with Crippen molar-refractivity contribution in [3.8, 4) is 46.0 Å². The number of ether oxygens (including phenoxy) is 8. The molecule has 0 aromatic heterocycles. The lowest BCUT2D eigenvalue weighted by atomic mass is 9.79. The molecule has 4 heterocycles. The van der Waals surface area contributed by atoms with Crippen molar-refractivity contribution in [2.75, 3.05) is 212 Å². The predicted molar refractivity (Wildman–Crippen MR) is 623 cm³/mol. The molecule has 4 aliphatic carbocycles. The van der Waals surface area contributed by atoms with Gasteiger partial charge in [-0.2, -0.15) is 0 Å². The summed E-state index contributed by atoms with van der Waals surface area (Å²) in [7, 11) is 8.25. The molecular formula is C134H164N8O8. The first-order chi connectivity index (χ1) is 73.8. The maximum Gasteiger partial charge on any atom is 0.119 e. The van der Waals surface area contributed by atoms with Crippen LogP contribution in [0.3, 0.4) is 0 Å². The Morgan fingerprint density at radius 3 is 0.627 bits per heavy atom. The molecule has 16 nitrogen and oxygen atoms in total. The number of rotatable bonds is 44. The smallest absolute Gasteiger partial charge is 0.119 e. The van der Waals surface area contributed by atoms with Crippen molar-refractivity contribution in [1.82, 2.24) is 39.2 Å². The van der Waals surface area contributed by atoms with Crippen molar-refractivity contribution < 1.29 is 37.9 Å². The van der Waals surface area contributed by atoms with E-state index in [9.17, 15) is 0 Å². The molecule has 0 amide bonds. The Bertz CT molecular complexity index is 6110. The summed E-state index contributed by atoms with van der Waals surface area (Å²) in [5.41, 5.74) is 31.9. The van der Waals surface area contributed by atoms with Gasteiger partial charge in [-0.15, -0.1) is 0 Å². The van der Waals surface area contributed by atoms with E-state index in [1.54, 1.807) is 0 Å². The first kappa shape index (κ1) is 109. The molecule has 0 radical (unpaired) electrons. The molecule has 0 atom stereocenters. The molecule has 788 valence electrons. The van der Waals surface area contributed by atoms with Gasteiger partial charge in [0.25, 0.3) is 0 Å². The Balaban J connectivity index is 0.000000136. The fourth-order valence-corrected chi connectivity index (χ4v) is 22.4. The average molecular weight is 2010 g/mol. The molecule has 4 aliphatic heterocycles. The van der Waals surface area contributed by atoms with Gasteiger partial charge in [-0.25, -0.2) is 0 Å². The highest BCUT2D eigenvalue weighted by Crippen LogP contribution is 2.48. The molecule has 8 aliphatic rings. The molecule has 12 aromatic rings. The number of hydrogen-bond donors (Lipinski definition) is 0. The van der Waals surface area contributed by atoms with Crippen LogP contribution < -0.4 is 37.9 Å². The monoisotopic (exact) mass is 2010 g/mol. The minimum absolute atomic E-state index is 0.684. The maximum absolute atomic E-state index is 6.25. The van der Waals surface area contributed by atoms with Gasteiger partial charge in [-0.05, 0) is 440 Å². The minimum Gasteiger partial charge on any atom is -0.492 e. The van der Waals surface area contributed by atoms with Crippen LogP contribution in [0.2, 0.25) is 0 Å². The lowest BCUT2D eigenvalue weighted by molar-refractivity contribution is 0.183. The number of fused-ring (bicyclic) bond motifs is 4. The normalized spacial score (nSPS) is 15.9. The van der Waals surface area contributed by atoms with Gasteiger partial charge in [0, 0.05) is 52.4 Å². The zero-order chi connectivity index (χ0) is 103. The van der Waals surface area contributed by atoms with Gasteiger partial charge in [-0.3, -0.25) is 19.6 Å². The van der Waals surface area contributed by atoms with Gasteiger partial charge < -0.3 is 57.5 Å². The Hall–Kier alpha value is -12.3. The largest absolute Gasteiger partial charge is 0.492 e. The Morgan fingerprint density at radius 2 is 0.400 bits per heavy atom. The summed E-state index contributed by atoms with van der Waals surface area (Å²) in [6, 6.07) is 105. The van der Waals surface area contributed by atoms with Crippen LogP contribution in [0.1, 0.15) is 207 Å². The van der Waals surface area contributed by atoms with Crippen molar-refractivity contribution in [2.45, 2.75) is 143 Å². The Labute approximate surface area is 897 Å². The highest BCUT2D eigenvalue weighted by Gasteiger charge is 2.30. The summed E-state index contributed by atoms with van der Waals surface area (Å²) >= 11 is 0. The standard InChI is InChI=1S/C36H44N2O2.C34H40N2O2.C34H44N2O2.C30H36N2O2/c1-4-10-29(11-5-1)34-18-14-31-28-33(40-27-25-38-22-8-3-9-23-38)17-19-35(31)36(34)30-12-15-32(16-13-30)39-26-24-37-20-6-2-7-21-37;1-2-8-27(9-3-1)32-16-12-29-26-31(38-25-23-36-20-6-7-21-36)15-17-33(29)34(32)28-10-13-30(14-11-28)37-24-22-35-18-4-5-19-35;1-5-35(6-2)22-24-37-30-17-14-28(15-18-30)34-32(27-12-10-9-11-13-27)20-16-29-26-31(19-21-33(29)34)38-25-23-36(7-3)8-4;1-31(2)18-20-33-26-13-10-24(11-14-26)30-28(23-8-6-5-7-9-23)16-12-25-22-27(15-17-29(25)30)34-21-19-32(3)4/h1,4-5,10-13,15-17,19,28H,2-3,6-9,14,18,20-27H2;1-3,8-11,13-15,17,26H,4-7,12,16,18-25H2;9-15,17-19,21,26H,5-8,16,20,22-25H2,1-4H3;5-11,13-15,17,22H,12,16,18-21H2,1-4H3. The minimum atomic E-state index is 0.684. The lowest BCUT2D eigenvalue weighted by Gasteiger charge is -2.27. The lowest BCUT2D eigenvalue weighted by Crippen LogP contribution is -2.33. The molecule has 0 N–H and O–H groups in total. The van der Waals surface area contributed by atoms with E-state index in [4.69, 9.17) is 37.9 Å². The van der Waals surface area contributed by atoms with E-state index in [1.165, 1.54) is 250 Å². The summed E-state index contributed by atoms with van der Waals surface area (Å²) in [5, 5.41) is 0. The number of piperidine rings is 2. The molecule has 16 heteroatoms. The van der Waals surface area contributed by atoms with Crippen LogP contribution in [0.25, 0.3) is 44.6 Å². The molecule has 0 saturated carbocycles. The molecule has 0 unspecified atom stereocenters. The van der Waals surface area contributed by atoms with Gasteiger partial charge in [0.15, 0.2) is 0 Å². The fraction of sp³-hybridized carbons (Fsp3) is 0.403. The summed E-state index contributed by atoms with van der Waals surface area (Å²) in [5.74, 6) is 7.65. The Morgan fingerprint density at radius 1 is 0.200 bits per heavy atom. The van der Waals surface area contributed by atoms with E-state index in [2.05, 4.69) is 386 Å². The van der Waals surface area contributed by atoms with E-state index < -0.39 is 0 Å². The highest BCUT2D eigenvalue weighted by atomic mass is 16.5. The van der Waals surface area contributed by atoms with Crippen molar-refractivity contribution in [2.24, 2.45) is 0 Å². The first-order valence-electron chi connectivity index (χ1n) is 56.6.